The number of hydrogen-bond donors (Lipinski definition) is 2. The largest absolute Gasteiger partial charge is 0.449 e. The molecule has 1 saturated carbocycles. The highest BCUT2D eigenvalue weighted by Gasteiger charge is 2.37. The number of halogens is 1. The molecule has 4 amide bonds. The number of fused-ring (bicyclic) bond motifs is 2. The van der Waals surface area contributed by atoms with Crippen LogP contribution in [-0.2, 0) is 28.5 Å². The highest BCUT2D eigenvalue weighted by molar-refractivity contribution is 6.09. The van der Waals surface area contributed by atoms with Crippen molar-refractivity contribution in [2.24, 2.45) is 13.0 Å². The van der Waals surface area contributed by atoms with E-state index in [0.717, 1.165) is 88.7 Å². The third-order valence-electron chi connectivity index (χ3n) is 13.7. The van der Waals surface area contributed by atoms with Gasteiger partial charge in [0.25, 0.3) is 0 Å². The average Bonchev–Trinajstić information content (AvgIpc) is 3.78. The zero-order chi connectivity index (χ0) is 46.6. The first-order valence-electron chi connectivity index (χ1n) is 23.5. The van der Waals surface area contributed by atoms with E-state index in [-0.39, 0.29) is 48.2 Å². The SMILES string of the molecule is Cn1nc(N2CCC(=O)NC2=O)c2ccc(C3CCN(CC4CCN(C(=O)OCCCCc5cnc(-c6c(-c7nn(C(C)(C)C)c8ncnc(N)c78)noc6C6CC6)nc5)CC4)CC3)c(F)c21. The van der Waals surface area contributed by atoms with Gasteiger partial charge >= 0.3 is 12.1 Å². The Morgan fingerprint density at radius 1 is 0.925 bits per heavy atom. The molecular formula is C47H57FN14O5. The summed E-state index contributed by atoms with van der Waals surface area (Å²) in [5.41, 5.74) is 10.4. The Kier molecular flexibility index (Phi) is 11.8. The number of ether oxygens (including phenoxy) is 1. The minimum Gasteiger partial charge on any atom is -0.449 e. The first-order valence-corrected chi connectivity index (χ1v) is 23.5. The van der Waals surface area contributed by atoms with Crippen LogP contribution in [0.15, 0.2) is 35.4 Å². The van der Waals surface area contributed by atoms with Crippen LogP contribution in [0.4, 0.5) is 25.6 Å². The Labute approximate surface area is 386 Å². The second-order valence-electron chi connectivity index (χ2n) is 19.5. The van der Waals surface area contributed by atoms with Crippen LogP contribution < -0.4 is 16.0 Å². The summed E-state index contributed by atoms with van der Waals surface area (Å²) in [6, 6.07) is 3.14. The number of imide groups is 1. The minimum absolute atomic E-state index is 0.0787. The van der Waals surface area contributed by atoms with Gasteiger partial charge in [0.15, 0.2) is 28.9 Å². The summed E-state index contributed by atoms with van der Waals surface area (Å²) in [6.45, 7) is 10.7. The maximum absolute atomic E-state index is 16.1. The van der Waals surface area contributed by atoms with Crippen LogP contribution in [0.1, 0.15) is 107 Å². The smallest absolute Gasteiger partial charge is 0.409 e. The molecular weight excluding hydrogens is 860 g/mol. The molecule has 6 aromatic rings. The van der Waals surface area contributed by atoms with Gasteiger partial charge in [0.1, 0.15) is 29.0 Å². The number of urea groups is 1. The van der Waals surface area contributed by atoms with Crippen molar-refractivity contribution < 1.29 is 28.0 Å². The first kappa shape index (κ1) is 44.3. The van der Waals surface area contributed by atoms with E-state index in [1.807, 2.05) is 54.9 Å². The van der Waals surface area contributed by atoms with Crippen molar-refractivity contribution in [2.45, 2.75) is 102 Å². The molecule has 19 nitrogen and oxygen atoms in total. The lowest BCUT2D eigenvalue weighted by Gasteiger charge is -2.37. The summed E-state index contributed by atoms with van der Waals surface area (Å²) in [4.78, 5) is 61.2. The lowest BCUT2D eigenvalue weighted by Crippen LogP contribution is -2.49. The van der Waals surface area contributed by atoms with Gasteiger partial charge in [-0.2, -0.15) is 10.2 Å². The molecule has 3 N–H and O–H groups in total. The molecule has 67 heavy (non-hydrogen) atoms. The van der Waals surface area contributed by atoms with Crippen molar-refractivity contribution in [3.63, 3.8) is 0 Å². The zero-order valence-corrected chi connectivity index (χ0v) is 38.5. The molecule has 3 aliphatic heterocycles. The van der Waals surface area contributed by atoms with Crippen LogP contribution in [0, 0.1) is 11.7 Å². The van der Waals surface area contributed by atoms with E-state index in [0.29, 0.717) is 87.5 Å². The van der Waals surface area contributed by atoms with E-state index in [9.17, 15) is 14.4 Å². The number of anilines is 2. The van der Waals surface area contributed by atoms with Gasteiger partial charge in [0.05, 0.1) is 23.1 Å². The van der Waals surface area contributed by atoms with Crippen molar-refractivity contribution in [3.05, 3.63) is 53.6 Å². The number of aryl methyl sites for hydroxylation is 2. The highest BCUT2D eigenvalue weighted by Crippen LogP contribution is 2.48. The molecule has 1 aromatic carbocycles. The average molecular weight is 917 g/mol. The number of carbonyl (C=O) groups excluding carboxylic acids is 3. The molecule has 8 heterocycles. The fourth-order valence-corrected chi connectivity index (χ4v) is 9.90. The molecule has 0 bridgehead atoms. The van der Waals surface area contributed by atoms with Crippen LogP contribution in [0.25, 0.3) is 44.7 Å². The maximum Gasteiger partial charge on any atom is 0.409 e. The van der Waals surface area contributed by atoms with Gasteiger partial charge < -0.3 is 24.8 Å². The molecule has 1 aliphatic carbocycles. The minimum atomic E-state index is -0.542. The number of benzene rings is 1. The lowest BCUT2D eigenvalue weighted by molar-refractivity contribution is -0.120. The summed E-state index contributed by atoms with van der Waals surface area (Å²) in [5, 5.41) is 17.4. The molecule has 0 radical (unpaired) electrons. The Bertz CT molecular complexity index is 2830. The van der Waals surface area contributed by atoms with Gasteiger partial charge in [0.2, 0.25) is 5.91 Å². The van der Waals surface area contributed by atoms with Crippen LogP contribution in [0.2, 0.25) is 0 Å². The molecule has 4 aliphatic rings. The topological polar surface area (TPSA) is 221 Å². The number of likely N-dealkylation sites (tertiary alicyclic amines) is 2. The number of carbonyl (C=O) groups is 3. The van der Waals surface area contributed by atoms with E-state index in [2.05, 4.69) is 30.4 Å². The summed E-state index contributed by atoms with van der Waals surface area (Å²) >= 11 is 0. The van der Waals surface area contributed by atoms with Crippen molar-refractivity contribution in [2.75, 3.05) is 56.5 Å². The number of hydrogen-bond acceptors (Lipinski definition) is 14. The molecule has 10 rings (SSSR count). The number of unbranched alkanes of at least 4 members (excludes halogenated alkanes) is 1. The molecule has 4 fully saturated rings. The highest BCUT2D eigenvalue weighted by atomic mass is 19.1. The summed E-state index contributed by atoms with van der Waals surface area (Å²) in [5.74, 6) is 2.10. The monoisotopic (exact) mass is 916 g/mol. The Hall–Kier alpha value is -6.57. The number of piperidine rings is 2. The van der Waals surface area contributed by atoms with Crippen LogP contribution in [0.5, 0.6) is 0 Å². The summed E-state index contributed by atoms with van der Waals surface area (Å²) in [7, 11) is 1.68. The molecule has 0 atom stereocenters. The fourth-order valence-electron chi connectivity index (χ4n) is 9.90. The Morgan fingerprint density at radius 2 is 1.69 bits per heavy atom. The number of nitrogens with two attached hydrogens (primary N) is 1. The fraction of sp³-hybridized carbons (Fsp3) is 0.532. The third kappa shape index (κ3) is 8.78. The van der Waals surface area contributed by atoms with Crippen molar-refractivity contribution in [3.8, 4) is 22.8 Å². The van der Waals surface area contributed by atoms with E-state index in [4.69, 9.17) is 30.1 Å². The maximum atomic E-state index is 16.1. The van der Waals surface area contributed by atoms with Gasteiger partial charge in [-0.15, -0.1) is 0 Å². The summed E-state index contributed by atoms with van der Waals surface area (Å²) in [6.07, 6.45) is 12.8. The van der Waals surface area contributed by atoms with Crippen molar-refractivity contribution >= 4 is 51.6 Å². The number of nitrogens with zero attached hydrogens (tertiary/aromatic N) is 12. The standard InChI is InChI=1S/C47H57FN14O5/c1-47(2,3)62-44-35(41(49)52-26-53-44)37(55-62)38-34(40(67-57-38)30-8-9-30)42-50-23-28(24-51-42)7-5-6-22-66-46(65)60-19-12-27(13-20-60)25-59-17-14-29(15-18-59)31-10-11-32-39(36(31)48)58(4)56-43(32)61-21-16-33(63)54-45(61)64/h10-11,23-24,26-27,29-30H,5-9,12-22,25H2,1-4H3,(H2,49,52,53)(H,54,63,64). The number of rotatable bonds is 12. The number of nitrogen functional groups attached to an aromatic ring is 1. The van der Waals surface area contributed by atoms with Gasteiger partial charge in [-0.05, 0) is 121 Å². The van der Waals surface area contributed by atoms with Gasteiger partial charge in [-0.3, -0.25) is 19.7 Å². The Balaban J connectivity index is 0.669. The Morgan fingerprint density at radius 3 is 2.40 bits per heavy atom. The van der Waals surface area contributed by atoms with Gasteiger partial charge in [-0.25, -0.2) is 38.6 Å². The van der Waals surface area contributed by atoms with E-state index in [1.165, 1.54) is 15.9 Å². The third-order valence-corrected chi connectivity index (χ3v) is 13.7. The molecule has 0 spiro atoms. The van der Waals surface area contributed by atoms with Gasteiger partial charge in [0, 0.05) is 63.3 Å². The lowest BCUT2D eigenvalue weighted by atomic mass is 9.87. The molecule has 5 aromatic heterocycles. The zero-order valence-electron chi connectivity index (χ0n) is 38.5. The van der Waals surface area contributed by atoms with Crippen LogP contribution in [-0.4, -0.2) is 118 Å². The molecule has 3 saturated heterocycles. The van der Waals surface area contributed by atoms with Crippen molar-refractivity contribution in [1.29, 1.82) is 0 Å². The first-order chi connectivity index (χ1) is 32.3. The summed E-state index contributed by atoms with van der Waals surface area (Å²) < 4.78 is 31.1. The number of aromatic nitrogens is 9. The second kappa shape index (κ2) is 17.9. The normalized spacial score (nSPS) is 18.1. The second-order valence-corrected chi connectivity index (χ2v) is 19.5. The van der Waals surface area contributed by atoms with E-state index < -0.39 is 6.03 Å². The van der Waals surface area contributed by atoms with E-state index >= 15 is 4.39 Å². The van der Waals surface area contributed by atoms with Gasteiger partial charge in [-0.1, -0.05) is 11.2 Å². The van der Waals surface area contributed by atoms with Crippen LogP contribution >= 0.6 is 0 Å². The predicted molar refractivity (Wildman–Crippen MR) is 246 cm³/mol. The van der Waals surface area contributed by atoms with Crippen molar-refractivity contribution in [1.82, 2.24) is 59.8 Å². The van der Waals surface area contributed by atoms with Crippen LogP contribution in [0.3, 0.4) is 0 Å². The number of amides is 4. The predicted octanol–water partition coefficient (Wildman–Crippen LogP) is 6.68. The van der Waals surface area contributed by atoms with E-state index in [1.54, 1.807) is 7.05 Å². The molecule has 20 heteroatoms. The molecule has 0 unspecified atom stereocenters. The molecule has 352 valence electrons. The number of nitrogens with one attached hydrogen (secondary N) is 1. The quantitative estimate of drug-likeness (QED) is 0.122.